The summed E-state index contributed by atoms with van der Waals surface area (Å²) in [5, 5.41) is 0. The predicted molar refractivity (Wildman–Crippen MR) is 69.9 cm³/mol. The van der Waals surface area contributed by atoms with Crippen LogP contribution in [0.4, 0.5) is 4.39 Å². The van der Waals surface area contributed by atoms with E-state index in [1.165, 1.54) is 12.5 Å². The molecule has 1 heterocycles. The fraction of sp³-hybridized carbons (Fsp3) is 0.533. The Kier molecular flexibility index (Phi) is 4.48. The first-order chi connectivity index (χ1) is 8.68. The van der Waals surface area contributed by atoms with E-state index >= 15 is 0 Å². The smallest absolute Gasteiger partial charge is 0.131 e. The van der Waals surface area contributed by atoms with Crippen LogP contribution in [0.3, 0.4) is 0 Å². The molecule has 1 aliphatic rings. The van der Waals surface area contributed by atoms with Gasteiger partial charge in [0.2, 0.25) is 0 Å². The van der Waals surface area contributed by atoms with E-state index in [0.29, 0.717) is 12.0 Å². The van der Waals surface area contributed by atoms with Gasteiger partial charge in [0.15, 0.2) is 0 Å². The van der Waals surface area contributed by atoms with Gasteiger partial charge in [0.25, 0.3) is 0 Å². The maximum absolute atomic E-state index is 13.9. The number of halogens is 1. The highest BCUT2D eigenvalue weighted by Gasteiger charge is 2.25. The van der Waals surface area contributed by atoms with Gasteiger partial charge in [0.05, 0.1) is 0 Å². The van der Waals surface area contributed by atoms with E-state index in [0.717, 1.165) is 25.9 Å². The zero-order valence-electron chi connectivity index (χ0n) is 10.9. The average molecular weight is 249 g/mol. The maximum atomic E-state index is 13.9. The molecule has 1 saturated heterocycles. The Morgan fingerprint density at radius 1 is 1.28 bits per heavy atom. The van der Waals surface area contributed by atoms with Gasteiger partial charge in [0, 0.05) is 18.0 Å². The minimum atomic E-state index is -0.200. The minimum absolute atomic E-state index is 0.0935. The van der Waals surface area contributed by atoms with Crippen LogP contribution in [0.2, 0.25) is 0 Å². The molecule has 0 spiro atoms. The number of ketones is 1. The summed E-state index contributed by atoms with van der Waals surface area (Å²) in [6.07, 6.45) is 3.92. The van der Waals surface area contributed by atoms with Crippen molar-refractivity contribution in [2.45, 2.75) is 38.6 Å². The topological polar surface area (TPSA) is 20.3 Å². The number of carbonyl (C=O) groups is 1. The molecule has 1 aromatic rings. The molecule has 0 N–H and O–H groups in total. The van der Waals surface area contributed by atoms with E-state index in [1.807, 2.05) is 6.07 Å². The van der Waals surface area contributed by atoms with Crippen molar-refractivity contribution in [3.8, 4) is 0 Å². The fourth-order valence-electron chi connectivity index (χ4n) is 2.68. The van der Waals surface area contributed by atoms with Crippen LogP contribution in [0.5, 0.6) is 0 Å². The summed E-state index contributed by atoms with van der Waals surface area (Å²) in [4.78, 5) is 13.7. The molecular formula is C15H20FNO. The molecule has 0 bridgehead atoms. The number of piperidine rings is 1. The summed E-state index contributed by atoms with van der Waals surface area (Å²) in [6, 6.07) is 6.73. The number of rotatable bonds is 4. The largest absolute Gasteiger partial charge is 0.300 e. The van der Waals surface area contributed by atoms with E-state index in [-0.39, 0.29) is 17.6 Å². The zero-order valence-corrected chi connectivity index (χ0v) is 10.9. The Morgan fingerprint density at radius 3 is 2.56 bits per heavy atom. The summed E-state index contributed by atoms with van der Waals surface area (Å²) in [5.74, 6) is -0.0804. The summed E-state index contributed by atoms with van der Waals surface area (Å²) < 4.78 is 13.9. The van der Waals surface area contributed by atoms with Crippen molar-refractivity contribution in [2.24, 2.45) is 0 Å². The highest BCUT2D eigenvalue weighted by atomic mass is 19.1. The van der Waals surface area contributed by atoms with Crippen molar-refractivity contribution in [1.29, 1.82) is 0 Å². The second-order valence-corrected chi connectivity index (χ2v) is 5.04. The van der Waals surface area contributed by atoms with Crippen molar-refractivity contribution in [3.63, 3.8) is 0 Å². The molecule has 1 aliphatic heterocycles. The first-order valence-electron chi connectivity index (χ1n) is 6.66. The lowest BCUT2D eigenvalue weighted by molar-refractivity contribution is -0.118. The Labute approximate surface area is 108 Å². The first-order valence-corrected chi connectivity index (χ1v) is 6.66. The van der Waals surface area contributed by atoms with Gasteiger partial charge in [-0.1, -0.05) is 24.6 Å². The second kappa shape index (κ2) is 6.10. The van der Waals surface area contributed by atoms with Crippen LogP contribution < -0.4 is 0 Å². The highest BCUT2D eigenvalue weighted by Crippen LogP contribution is 2.29. The minimum Gasteiger partial charge on any atom is -0.300 e. The molecule has 98 valence electrons. The highest BCUT2D eigenvalue weighted by molar-refractivity contribution is 5.76. The Bertz CT molecular complexity index is 413. The molecule has 2 rings (SSSR count). The maximum Gasteiger partial charge on any atom is 0.131 e. The van der Waals surface area contributed by atoms with Crippen LogP contribution in [0.15, 0.2) is 24.3 Å². The fourth-order valence-corrected chi connectivity index (χ4v) is 2.68. The van der Waals surface area contributed by atoms with E-state index in [4.69, 9.17) is 0 Å². The molecule has 2 nitrogen and oxygen atoms in total. The second-order valence-electron chi connectivity index (χ2n) is 5.04. The number of nitrogens with zero attached hydrogens (tertiary/aromatic N) is 1. The van der Waals surface area contributed by atoms with Crippen LogP contribution in [-0.4, -0.2) is 23.8 Å². The van der Waals surface area contributed by atoms with Crippen molar-refractivity contribution in [2.75, 3.05) is 13.1 Å². The number of hydrogen-bond donors (Lipinski definition) is 0. The molecule has 0 amide bonds. The molecule has 1 atom stereocenters. The molecule has 18 heavy (non-hydrogen) atoms. The third kappa shape index (κ3) is 3.16. The van der Waals surface area contributed by atoms with Crippen LogP contribution in [0.25, 0.3) is 0 Å². The monoisotopic (exact) mass is 249 g/mol. The Hall–Kier alpha value is -1.22. The molecule has 3 heteroatoms. The molecule has 1 aromatic carbocycles. The average Bonchev–Trinajstić information content (AvgIpc) is 2.38. The standard InChI is InChI=1S/C15H20FNO/c1-12(18)11-15(17-9-5-2-6-10-17)13-7-3-4-8-14(13)16/h3-4,7-8,15H,2,5-6,9-11H2,1H3. The molecule has 0 aromatic heterocycles. The van der Waals surface area contributed by atoms with Crippen molar-refractivity contribution < 1.29 is 9.18 Å². The van der Waals surface area contributed by atoms with E-state index in [2.05, 4.69) is 4.90 Å². The summed E-state index contributed by atoms with van der Waals surface area (Å²) in [5.41, 5.74) is 0.662. The summed E-state index contributed by atoms with van der Waals surface area (Å²) in [7, 11) is 0. The number of benzene rings is 1. The van der Waals surface area contributed by atoms with Crippen LogP contribution in [0.1, 0.15) is 44.2 Å². The molecule has 0 aliphatic carbocycles. The Balaban J connectivity index is 2.24. The third-order valence-electron chi connectivity index (χ3n) is 3.58. The van der Waals surface area contributed by atoms with Gasteiger partial charge in [-0.25, -0.2) is 4.39 Å². The van der Waals surface area contributed by atoms with Gasteiger partial charge in [-0.2, -0.15) is 0 Å². The van der Waals surface area contributed by atoms with Gasteiger partial charge in [-0.3, -0.25) is 9.69 Å². The molecule has 0 radical (unpaired) electrons. The molecule has 1 fully saturated rings. The number of Topliss-reactive ketones (excluding diaryl/α,β-unsaturated/α-hetero) is 1. The van der Waals surface area contributed by atoms with Gasteiger partial charge < -0.3 is 0 Å². The molecular weight excluding hydrogens is 229 g/mol. The van der Waals surface area contributed by atoms with Crippen LogP contribution in [-0.2, 0) is 4.79 Å². The van der Waals surface area contributed by atoms with Crippen molar-refractivity contribution in [3.05, 3.63) is 35.6 Å². The van der Waals surface area contributed by atoms with Crippen LogP contribution >= 0.6 is 0 Å². The number of hydrogen-bond acceptors (Lipinski definition) is 2. The SMILES string of the molecule is CC(=O)CC(c1ccccc1F)N1CCCCC1. The quantitative estimate of drug-likeness (QED) is 0.815. The lowest BCUT2D eigenvalue weighted by atomic mass is 9.97. The van der Waals surface area contributed by atoms with Gasteiger partial charge >= 0.3 is 0 Å². The van der Waals surface area contributed by atoms with E-state index < -0.39 is 0 Å². The lowest BCUT2D eigenvalue weighted by Gasteiger charge is -2.34. The Morgan fingerprint density at radius 2 is 1.94 bits per heavy atom. The molecule has 1 unspecified atom stereocenters. The van der Waals surface area contributed by atoms with Gasteiger partial charge in [0.1, 0.15) is 11.6 Å². The first kappa shape index (κ1) is 13.2. The normalized spacial score (nSPS) is 18.6. The van der Waals surface area contributed by atoms with Gasteiger partial charge in [-0.15, -0.1) is 0 Å². The van der Waals surface area contributed by atoms with E-state index in [1.54, 1.807) is 19.1 Å². The third-order valence-corrected chi connectivity index (χ3v) is 3.58. The van der Waals surface area contributed by atoms with Crippen molar-refractivity contribution in [1.82, 2.24) is 4.90 Å². The summed E-state index contributed by atoms with van der Waals surface area (Å²) >= 11 is 0. The van der Waals surface area contributed by atoms with Crippen LogP contribution in [0, 0.1) is 5.82 Å². The summed E-state index contributed by atoms with van der Waals surface area (Å²) in [6.45, 7) is 3.51. The van der Waals surface area contributed by atoms with Crippen molar-refractivity contribution >= 4 is 5.78 Å². The zero-order chi connectivity index (χ0) is 13.0. The van der Waals surface area contributed by atoms with Gasteiger partial charge in [-0.05, 0) is 38.9 Å². The number of likely N-dealkylation sites (tertiary alicyclic amines) is 1. The predicted octanol–water partition coefficient (Wildman–Crippen LogP) is 3.33. The van der Waals surface area contributed by atoms with E-state index in [9.17, 15) is 9.18 Å². The molecule has 0 saturated carbocycles. The lowest BCUT2D eigenvalue weighted by Crippen LogP contribution is -2.35. The number of carbonyl (C=O) groups excluding carboxylic acids is 1.